The first-order chi connectivity index (χ1) is 13.2. The molecule has 0 aliphatic carbocycles. The summed E-state index contributed by atoms with van der Waals surface area (Å²) in [6, 6.07) is 5.18. The zero-order chi connectivity index (χ0) is 20.8. The van der Waals surface area contributed by atoms with Crippen LogP contribution in [0.2, 0.25) is 0 Å². The minimum atomic E-state index is -1.08. The van der Waals surface area contributed by atoms with Gasteiger partial charge in [-0.25, -0.2) is 4.79 Å². The Kier molecular flexibility index (Phi) is 7.39. The van der Waals surface area contributed by atoms with E-state index in [1.165, 1.54) is 0 Å². The quantitative estimate of drug-likeness (QED) is 0.654. The Morgan fingerprint density at radius 3 is 2.25 bits per heavy atom. The molecular weight excluding hydrogens is 360 g/mol. The van der Waals surface area contributed by atoms with E-state index in [9.17, 15) is 19.5 Å². The molecule has 8 heteroatoms. The molecule has 0 unspecified atom stereocenters. The Morgan fingerprint density at radius 1 is 1.07 bits per heavy atom. The number of carbonyl (C=O) groups excluding carboxylic acids is 2. The molecule has 8 nitrogen and oxygen atoms in total. The Bertz CT molecular complexity index is 725. The van der Waals surface area contributed by atoms with Crippen molar-refractivity contribution in [3.63, 3.8) is 0 Å². The van der Waals surface area contributed by atoms with Gasteiger partial charge in [-0.2, -0.15) is 0 Å². The lowest BCUT2D eigenvalue weighted by molar-refractivity contribution is -0.123. The van der Waals surface area contributed by atoms with Gasteiger partial charge in [0, 0.05) is 43.8 Å². The molecular formula is C20H30N4O4. The zero-order valence-electron chi connectivity index (χ0n) is 17.0. The highest BCUT2D eigenvalue weighted by Gasteiger charge is 2.22. The minimum Gasteiger partial charge on any atom is -0.478 e. The van der Waals surface area contributed by atoms with Gasteiger partial charge >= 0.3 is 5.97 Å². The van der Waals surface area contributed by atoms with Gasteiger partial charge in [0.25, 0.3) is 0 Å². The molecule has 154 valence electrons. The molecule has 1 aromatic rings. The lowest BCUT2D eigenvalue weighted by Crippen LogP contribution is -2.50. The Morgan fingerprint density at radius 2 is 1.71 bits per heavy atom. The standard InChI is InChI=1S/C20H30N4O4/c1-13(2)19(26)22-17-6-5-15(11-16(17)20(27)28)24-9-7-23(8-10-24)12-18(25)21-14(3)4/h5-6,11,13-14H,7-10,12H2,1-4H3,(H,21,25)(H,22,26)(H,27,28). The molecule has 1 saturated heterocycles. The summed E-state index contributed by atoms with van der Waals surface area (Å²) in [4.78, 5) is 39.6. The second-order valence-electron chi connectivity index (χ2n) is 7.66. The summed E-state index contributed by atoms with van der Waals surface area (Å²) in [6.45, 7) is 10.6. The highest BCUT2D eigenvalue weighted by atomic mass is 16.4. The number of amides is 2. The van der Waals surface area contributed by atoms with E-state index in [0.717, 1.165) is 18.8 Å². The zero-order valence-corrected chi connectivity index (χ0v) is 17.0. The summed E-state index contributed by atoms with van der Waals surface area (Å²) in [5.41, 5.74) is 1.18. The van der Waals surface area contributed by atoms with E-state index < -0.39 is 5.97 Å². The van der Waals surface area contributed by atoms with Crippen molar-refractivity contribution >= 4 is 29.2 Å². The fraction of sp³-hybridized carbons (Fsp3) is 0.550. The van der Waals surface area contributed by atoms with Crippen molar-refractivity contribution in [1.29, 1.82) is 0 Å². The maximum Gasteiger partial charge on any atom is 0.337 e. The second-order valence-corrected chi connectivity index (χ2v) is 7.66. The molecule has 0 radical (unpaired) electrons. The smallest absolute Gasteiger partial charge is 0.337 e. The number of nitrogens with one attached hydrogen (secondary N) is 2. The second kappa shape index (κ2) is 9.54. The van der Waals surface area contributed by atoms with Gasteiger partial charge in [-0.1, -0.05) is 13.8 Å². The van der Waals surface area contributed by atoms with Crippen molar-refractivity contribution in [3.05, 3.63) is 23.8 Å². The molecule has 3 N–H and O–H groups in total. The van der Waals surface area contributed by atoms with Gasteiger partial charge in [0.15, 0.2) is 0 Å². The van der Waals surface area contributed by atoms with Gasteiger partial charge in [-0.05, 0) is 32.0 Å². The number of piperazine rings is 1. The lowest BCUT2D eigenvalue weighted by Gasteiger charge is -2.36. The number of carbonyl (C=O) groups is 3. The van der Waals surface area contributed by atoms with Crippen molar-refractivity contribution in [3.8, 4) is 0 Å². The largest absolute Gasteiger partial charge is 0.478 e. The van der Waals surface area contributed by atoms with Crippen molar-refractivity contribution in [1.82, 2.24) is 10.2 Å². The predicted molar refractivity (Wildman–Crippen MR) is 109 cm³/mol. The van der Waals surface area contributed by atoms with Crippen molar-refractivity contribution in [2.75, 3.05) is 42.9 Å². The van der Waals surface area contributed by atoms with Crippen LogP contribution in [0.15, 0.2) is 18.2 Å². The van der Waals surface area contributed by atoms with E-state index in [1.807, 2.05) is 19.9 Å². The lowest BCUT2D eigenvalue weighted by atomic mass is 10.1. The number of hydrogen-bond donors (Lipinski definition) is 3. The van der Waals surface area contributed by atoms with E-state index >= 15 is 0 Å². The van der Waals surface area contributed by atoms with Crippen LogP contribution in [-0.2, 0) is 9.59 Å². The van der Waals surface area contributed by atoms with Gasteiger partial charge in [0.05, 0.1) is 17.8 Å². The molecule has 1 fully saturated rings. The molecule has 0 saturated carbocycles. The minimum absolute atomic E-state index is 0.0156. The number of benzene rings is 1. The number of carboxylic acid groups (broad SMARTS) is 1. The van der Waals surface area contributed by atoms with Crippen LogP contribution in [-0.4, -0.2) is 66.6 Å². The summed E-state index contributed by atoms with van der Waals surface area (Å²) in [5, 5.41) is 15.1. The van der Waals surface area contributed by atoms with Gasteiger partial charge in [-0.15, -0.1) is 0 Å². The van der Waals surface area contributed by atoms with Crippen LogP contribution in [0.4, 0.5) is 11.4 Å². The SMILES string of the molecule is CC(C)NC(=O)CN1CCN(c2ccc(NC(=O)C(C)C)c(C(=O)O)c2)CC1. The Balaban J connectivity index is 2.02. The van der Waals surface area contributed by atoms with Crippen molar-refractivity contribution < 1.29 is 19.5 Å². The highest BCUT2D eigenvalue weighted by Crippen LogP contribution is 2.25. The Hall–Kier alpha value is -2.61. The molecule has 0 spiro atoms. The predicted octanol–water partition coefficient (Wildman–Crippen LogP) is 1.63. The van der Waals surface area contributed by atoms with Crippen LogP contribution < -0.4 is 15.5 Å². The average Bonchev–Trinajstić information content (AvgIpc) is 2.61. The number of nitrogens with zero attached hydrogens (tertiary/aromatic N) is 2. The van der Waals surface area contributed by atoms with Gasteiger partial charge in [0.1, 0.15) is 0 Å². The van der Waals surface area contributed by atoms with Crippen LogP contribution in [0.25, 0.3) is 0 Å². The van der Waals surface area contributed by atoms with Gasteiger partial charge in [0.2, 0.25) is 11.8 Å². The summed E-state index contributed by atoms with van der Waals surface area (Å²) in [6.07, 6.45) is 0. The first kappa shape index (κ1) is 21.7. The van der Waals surface area contributed by atoms with Crippen LogP contribution in [0.1, 0.15) is 38.1 Å². The molecule has 1 aromatic carbocycles. The van der Waals surface area contributed by atoms with E-state index in [0.29, 0.717) is 25.3 Å². The van der Waals surface area contributed by atoms with Crippen LogP contribution in [0.3, 0.4) is 0 Å². The number of anilines is 2. The molecule has 2 rings (SSSR count). The summed E-state index contributed by atoms with van der Waals surface area (Å²) in [7, 11) is 0. The molecule has 1 heterocycles. The third kappa shape index (κ3) is 5.95. The van der Waals surface area contributed by atoms with Crippen molar-refractivity contribution in [2.24, 2.45) is 5.92 Å². The number of carboxylic acids is 1. The first-order valence-corrected chi connectivity index (χ1v) is 9.62. The highest BCUT2D eigenvalue weighted by molar-refractivity contribution is 6.01. The molecule has 1 aliphatic heterocycles. The normalized spacial score (nSPS) is 15.0. The van der Waals surface area contributed by atoms with E-state index in [-0.39, 0.29) is 29.3 Å². The monoisotopic (exact) mass is 390 g/mol. The molecule has 28 heavy (non-hydrogen) atoms. The maximum atomic E-state index is 11.9. The number of rotatable bonds is 7. The fourth-order valence-corrected chi connectivity index (χ4v) is 3.03. The average molecular weight is 390 g/mol. The van der Waals surface area contributed by atoms with E-state index in [1.54, 1.807) is 26.0 Å². The van der Waals surface area contributed by atoms with Crippen LogP contribution >= 0.6 is 0 Å². The first-order valence-electron chi connectivity index (χ1n) is 9.62. The number of aromatic carboxylic acids is 1. The summed E-state index contributed by atoms with van der Waals surface area (Å²) < 4.78 is 0. The van der Waals surface area contributed by atoms with Gasteiger partial charge in [-0.3, -0.25) is 14.5 Å². The third-order valence-corrected chi connectivity index (χ3v) is 4.57. The summed E-state index contributed by atoms with van der Waals surface area (Å²) >= 11 is 0. The molecule has 0 aromatic heterocycles. The topological polar surface area (TPSA) is 102 Å². The fourth-order valence-electron chi connectivity index (χ4n) is 3.03. The number of hydrogen-bond acceptors (Lipinski definition) is 5. The summed E-state index contributed by atoms with van der Waals surface area (Å²) in [5.74, 6) is -1.52. The van der Waals surface area contributed by atoms with Crippen LogP contribution in [0.5, 0.6) is 0 Å². The van der Waals surface area contributed by atoms with Gasteiger partial charge < -0.3 is 20.6 Å². The van der Waals surface area contributed by atoms with E-state index in [4.69, 9.17) is 0 Å². The molecule has 2 amide bonds. The van der Waals surface area contributed by atoms with Crippen molar-refractivity contribution in [2.45, 2.75) is 33.7 Å². The molecule has 0 atom stereocenters. The molecule has 1 aliphatic rings. The van der Waals surface area contributed by atoms with E-state index in [2.05, 4.69) is 20.4 Å². The maximum absolute atomic E-state index is 11.9. The van der Waals surface area contributed by atoms with Crippen LogP contribution in [0, 0.1) is 5.92 Å². The Labute approximate surface area is 165 Å². The third-order valence-electron chi connectivity index (χ3n) is 4.57. The molecule has 0 bridgehead atoms.